The molecule has 1 aromatic rings. The molecule has 6 nitrogen and oxygen atoms in total. The Bertz CT molecular complexity index is 523. The summed E-state index contributed by atoms with van der Waals surface area (Å²) in [5, 5.41) is 8.93. The maximum Gasteiger partial charge on any atom is 0.335 e. The Labute approximate surface area is 123 Å². The number of hydrogen-bond donors (Lipinski definition) is 1. The molecule has 0 saturated carbocycles. The Balaban J connectivity index is 1.98. The number of amides is 1. The van der Waals surface area contributed by atoms with Crippen LogP contribution in [-0.4, -0.2) is 48.7 Å². The molecule has 0 spiro atoms. The summed E-state index contributed by atoms with van der Waals surface area (Å²) in [5.74, 6) is -0.419. The molecule has 1 saturated heterocycles. The summed E-state index contributed by atoms with van der Waals surface area (Å²) in [6.07, 6.45) is 3.22. The summed E-state index contributed by atoms with van der Waals surface area (Å²) in [6.45, 7) is 1.48. The first kappa shape index (κ1) is 15.2. The number of likely N-dealkylation sites (tertiary alicyclic amines) is 1. The monoisotopic (exact) mass is 293 g/mol. The number of nitrogens with zero attached hydrogens (tertiary/aromatic N) is 1. The number of carbonyl (C=O) groups is 2. The third-order valence-corrected chi connectivity index (χ3v) is 3.47. The second kappa shape index (κ2) is 6.97. The van der Waals surface area contributed by atoms with Crippen molar-refractivity contribution in [2.24, 2.45) is 0 Å². The van der Waals surface area contributed by atoms with Crippen LogP contribution in [0.3, 0.4) is 0 Å². The van der Waals surface area contributed by atoms with Gasteiger partial charge in [0.15, 0.2) is 18.1 Å². The lowest BCUT2D eigenvalue weighted by molar-refractivity contribution is -0.134. The Hall–Kier alpha value is -2.24. The molecule has 0 aliphatic carbocycles. The van der Waals surface area contributed by atoms with Crippen LogP contribution in [0.4, 0.5) is 0 Å². The normalized spacial score (nSPS) is 14.6. The standard InChI is InChI=1S/C15H19NO5/c1-20-13-9-11(15(18)19)5-6-12(13)21-10-14(17)16-7-3-2-4-8-16/h5-6,9H,2-4,7-8,10H2,1H3,(H,18,19). The van der Waals surface area contributed by atoms with Crippen LogP contribution in [0, 0.1) is 0 Å². The molecule has 6 heteroatoms. The molecule has 1 fully saturated rings. The lowest BCUT2D eigenvalue weighted by atomic mass is 10.1. The minimum absolute atomic E-state index is 0.0564. The molecule has 0 atom stereocenters. The summed E-state index contributed by atoms with van der Waals surface area (Å²) in [7, 11) is 1.43. The number of benzene rings is 1. The first-order valence-electron chi connectivity index (χ1n) is 6.93. The van der Waals surface area contributed by atoms with E-state index in [1.54, 1.807) is 4.90 Å². The third kappa shape index (κ3) is 3.87. The lowest BCUT2D eigenvalue weighted by Crippen LogP contribution is -2.38. The number of aromatic carboxylic acids is 1. The van der Waals surface area contributed by atoms with E-state index in [0.29, 0.717) is 11.5 Å². The molecule has 2 rings (SSSR count). The molecule has 114 valence electrons. The largest absolute Gasteiger partial charge is 0.493 e. The van der Waals surface area contributed by atoms with Gasteiger partial charge in [0.1, 0.15) is 0 Å². The van der Waals surface area contributed by atoms with Gasteiger partial charge >= 0.3 is 5.97 Å². The van der Waals surface area contributed by atoms with Crippen LogP contribution in [0.1, 0.15) is 29.6 Å². The molecule has 1 amide bonds. The van der Waals surface area contributed by atoms with Gasteiger partial charge in [0.05, 0.1) is 12.7 Å². The number of carbonyl (C=O) groups excluding carboxylic acids is 1. The fourth-order valence-electron chi connectivity index (χ4n) is 2.29. The molecule has 0 aromatic heterocycles. The lowest BCUT2D eigenvalue weighted by Gasteiger charge is -2.26. The molecule has 1 heterocycles. The van der Waals surface area contributed by atoms with E-state index in [1.165, 1.54) is 25.3 Å². The third-order valence-electron chi connectivity index (χ3n) is 3.47. The molecule has 0 unspecified atom stereocenters. The van der Waals surface area contributed by atoms with Crippen LogP contribution in [0.2, 0.25) is 0 Å². The number of hydrogen-bond acceptors (Lipinski definition) is 4. The summed E-state index contributed by atoms with van der Waals surface area (Å²) in [4.78, 5) is 24.7. The fraction of sp³-hybridized carbons (Fsp3) is 0.467. The van der Waals surface area contributed by atoms with Crippen molar-refractivity contribution in [2.75, 3.05) is 26.8 Å². The van der Waals surface area contributed by atoms with Crippen LogP contribution in [0.25, 0.3) is 0 Å². The predicted molar refractivity (Wildman–Crippen MR) is 75.9 cm³/mol. The van der Waals surface area contributed by atoms with Gasteiger partial charge in [-0.25, -0.2) is 4.79 Å². The highest BCUT2D eigenvalue weighted by molar-refractivity contribution is 5.88. The maximum absolute atomic E-state index is 12.0. The zero-order chi connectivity index (χ0) is 15.2. The van der Waals surface area contributed by atoms with Crippen molar-refractivity contribution in [1.82, 2.24) is 4.90 Å². The van der Waals surface area contributed by atoms with Crippen molar-refractivity contribution in [3.8, 4) is 11.5 Å². The topological polar surface area (TPSA) is 76.1 Å². The first-order chi connectivity index (χ1) is 10.1. The van der Waals surface area contributed by atoms with Gasteiger partial charge in [0.2, 0.25) is 0 Å². The minimum Gasteiger partial charge on any atom is -0.493 e. The highest BCUT2D eigenvalue weighted by Gasteiger charge is 2.18. The van der Waals surface area contributed by atoms with E-state index in [9.17, 15) is 9.59 Å². The van der Waals surface area contributed by atoms with E-state index in [1.807, 2.05) is 0 Å². The van der Waals surface area contributed by atoms with Gasteiger partial charge in [-0.3, -0.25) is 4.79 Å². The van der Waals surface area contributed by atoms with Crippen molar-refractivity contribution >= 4 is 11.9 Å². The second-order valence-corrected chi connectivity index (χ2v) is 4.90. The molecule has 0 radical (unpaired) electrons. The van der Waals surface area contributed by atoms with Crippen LogP contribution < -0.4 is 9.47 Å². The molecule has 21 heavy (non-hydrogen) atoms. The minimum atomic E-state index is -1.04. The van der Waals surface area contributed by atoms with E-state index in [4.69, 9.17) is 14.6 Å². The predicted octanol–water partition coefficient (Wildman–Crippen LogP) is 1.78. The van der Waals surface area contributed by atoms with Crippen molar-refractivity contribution in [3.63, 3.8) is 0 Å². The van der Waals surface area contributed by atoms with Crippen LogP contribution >= 0.6 is 0 Å². The van der Waals surface area contributed by atoms with Gasteiger partial charge in [-0.05, 0) is 37.5 Å². The van der Waals surface area contributed by atoms with Gasteiger partial charge in [0, 0.05) is 13.1 Å². The molecular formula is C15H19NO5. The van der Waals surface area contributed by atoms with Gasteiger partial charge in [-0.15, -0.1) is 0 Å². The zero-order valence-electron chi connectivity index (χ0n) is 12.0. The molecule has 1 aliphatic heterocycles. The number of rotatable bonds is 5. The summed E-state index contributed by atoms with van der Waals surface area (Å²) in [5.41, 5.74) is 0.113. The van der Waals surface area contributed by atoms with E-state index < -0.39 is 5.97 Å². The van der Waals surface area contributed by atoms with Crippen molar-refractivity contribution < 1.29 is 24.2 Å². The fourth-order valence-corrected chi connectivity index (χ4v) is 2.29. The smallest absolute Gasteiger partial charge is 0.335 e. The van der Waals surface area contributed by atoms with E-state index in [-0.39, 0.29) is 18.1 Å². The van der Waals surface area contributed by atoms with Crippen LogP contribution in [0.15, 0.2) is 18.2 Å². The number of ether oxygens (including phenoxy) is 2. The Morgan fingerprint density at radius 3 is 2.52 bits per heavy atom. The average Bonchev–Trinajstić information content (AvgIpc) is 2.53. The van der Waals surface area contributed by atoms with Crippen LogP contribution in [-0.2, 0) is 4.79 Å². The van der Waals surface area contributed by atoms with Gasteiger partial charge < -0.3 is 19.5 Å². The van der Waals surface area contributed by atoms with Gasteiger partial charge in [-0.1, -0.05) is 0 Å². The molecule has 1 aliphatic rings. The molecule has 1 aromatic carbocycles. The number of methoxy groups -OCH3 is 1. The van der Waals surface area contributed by atoms with Crippen LogP contribution in [0.5, 0.6) is 11.5 Å². The SMILES string of the molecule is COc1cc(C(=O)O)ccc1OCC(=O)N1CCCCC1. The first-order valence-corrected chi connectivity index (χ1v) is 6.93. The Kier molecular flexibility index (Phi) is 5.03. The molecule has 1 N–H and O–H groups in total. The van der Waals surface area contributed by atoms with E-state index in [0.717, 1.165) is 32.4 Å². The summed E-state index contributed by atoms with van der Waals surface area (Å²) < 4.78 is 10.6. The average molecular weight is 293 g/mol. The number of carboxylic acids is 1. The Morgan fingerprint density at radius 2 is 1.90 bits per heavy atom. The number of piperidine rings is 1. The highest BCUT2D eigenvalue weighted by atomic mass is 16.5. The van der Waals surface area contributed by atoms with Crippen molar-refractivity contribution in [3.05, 3.63) is 23.8 Å². The quantitative estimate of drug-likeness (QED) is 0.895. The van der Waals surface area contributed by atoms with Crippen molar-refractivity contribution in [2.45, 2.75) is 19.3 Å². The van der Waals surface area contributed by atoms with Crippen molar-refractivity contribution in [1.29, 1.82) is 0 Å². The van der Waals surface area contributed by atoms with Gasteiger partial charge in [-0.2, -0.15) is 0 Å². The second-order valence-electron chi connectivity index (χ2n) is 4.90. The Morgan fingerprint density at radius 1 is 1.19 bits per heavy atom. The molecule has 0 bridgehead atoms. The van der Waals surface area contributed by atoms with E-state index in [2.05, 4.69) is 0 Å². The van der Waals surface area contributed by atoms with Gasteiger partial charge in [0.25, 0.3) is 5.91 Å². The maximum atomic E-state index is 12.0. The summed E-state index contributed by atoms with van der Waals surface area (Å²) in [6, 6.07) is 4.31. The van der Waals surface area contributed by atoms with E-state index >= 15 is 0 Å². The molecular weight excluding hydrogens is 274 g/mol. The highest BCUT2D eigenvalue weighted by Crippen LogP contribution is 2.28. The summed E-state index contributed by atoms with van der Waals surface area (Å²) >= 11 is 0. The number of carboxylic acid groups (broad SMARTS) is 1. The zero-order valence-corrected chi connectivity index (χ0v) is 12.0.